The second-order valence-corrected chi connectivity index (χ2v) is 6.62. The highest BCUT2D eigenvalue weighted by Crippen LogP contribution is 2.22. The smallest absolute Gasteiger partial charge is 0.269 e. The second-order valence-electron chi connectivity index (χ2n) is 6.62. The zero-order valence-electron chi connectivity index (χ0n) is 15.8. The number of nitrogens with zero attached hydrogens (tertiary/aromatic N) is 1. The quantitative estimate of drug-likeness (QED) is 0.261. The zero-order chi connectivity index (χ0) is 18.8. The van der Waals surface area contributed by atoms with Gasteiger partial charge in [0, 0.05) is 20.3 Å². The lowest BCUT2D eigenvalue weighted by Gasteiger charge is -2.24. The fourth-order valence-electron chi connectivity index (χ4n) is 2.38. The monoisotopic (exact) mass is 348 g/mol. The van der Waals surface area contributed by atoms with E-state index in [1.54, 1.807) is 7.11 Å². The van der Waals surface area contributed by atoms with Crippen molar-refractivity contribution in [3.63, 3.8) is 0 Å². The average Bonchev–Trinajstić information content (AvgIpc) is 2.58. The number of ether oxygens (including phenoxy) is 1. The summed E-state index contributed by atoms with van der Waals surface area (Å²) in [5.41, 5.74) is 8.85. The van der Waals surface area contributed by atoms with Gasteiger partial charge in [-0.2, -0.15) is 0 Å². The van der Waals surface area contributed by atoms with Crippen LogP contribution in [0.4, 0.5) is 5.69 Å². The zero-order valence-corrected chi connectivity index (χ0v) is 15.8. The number of hydrogen-bond acceptors (Lipinski definition) is 5. The van der Waals surface area contributed by atoms with Crippen molar-refractivity contribution in [1.82, 2.24) is 5.32 Å². The van der Waals surface area contributed by atoms with Crippen LogP contribution in [0.25, 0.3) is 0 Å². The Morgan fingerprint density at radius 2 is 2.04 bits per heavy atom. The molecule has 0 bridgehead atoms. The Bertz CT molecular complexity index is 585. The van der Waals surface area contributed by atoms with Crippen LogP contribution in [0.2, 0.25) is 0 Å². The summed E-state index contributed by atoms with van der Waals surface area (Å²) in [5.74, 6) is 6.38. The molecule has 0 aliphatic carbocycles. The molecule has 0 aliphatic heterocycles. The first-order valence-corrected chi connectivity index (χ1v) is 8.74. The molecule has 0 aromatic heterocycles. The van der Waals surface area contributed by atoms with E-state index in [9.17, 15) is 4.79 Å². The molecular formula is C19H32N4O2. The number of anilines is 1. The third-order valence-corrected chi connectivity index (χ3v) is 3.81. The van der Waals surface area contributed by atoms with Gasteiger partial charge in [0.15, 0.2) is 0 Å². The summed E-state index contributed by atoms with van der Waals surface area (Å²) in [4.78, 5) is 12.4. The molecule has 1 aromatic rings. The largest absolute Gasteiger partial charge is 0.393 e. The van der Waals surface area contributed by atoms with E-state index in [-0.39, 0.29) is 11.6 Å². The first-order valence-electron chi connectivity index (χ1n) is 8.74. The number of nitrogens with two attached hydrogens (primary N) is 2. The molecule has 0 unspecified atom stereocenters. The lowest BCUT2D eigenvalue weighted by Crippen LogP contribution is -2.38. The van der Waals surface area contributed by atoms with Crippen LogP contribution >= 0.6 is 0 Å². The molecule has 0 saturated carbocycles. The van der Waals surface area contributed by atoms with Gasteiger partial charge in [-0.3, -0.25) is 9.80 Å². The highest BCUT2D eigenvalue weighted by molar-refractivity contribution is 5.93. The fraction of sp³-hybridized carbons (Fsp3) is 0.526. The molecular weight excluding hydrogens is 316 g/mol. The second kappa shape index (κ2) is 10.7. The van der Waals surface area contributed by atoms with Gasteiger partial charge >= 0.3 is 0 Å². The van der Waals surface area contributed by atoms with E-state index >= 15 is 0 Å². The Morgan fingerprint density at radius 1 is 1.32 bits per heavy atom. The molecule has 0 radical (unpaired) electrons. The van der Waals surface area contributed by atoms with Gasteiger partial charge < -0.3 is 15.8 Å². The third-order valence-electron chi connectivity index (χ3n) is 3.81. The van der Waals surface area contributed by atoms with Gasteiger partial charge in [0.05, 0.1) is 11.4 Å². The third kappa shape index (κ3) is 7.15. The van der Waals surface area contributed by atoms with Crippen molar-refractivity contribution in [2.45, 2.75) is 40.0 Å². The van der Waals surface area contributed by atoms with E-state index in [1.165, 1.54) is 5.01 Å². The van der Waals surface area contributed by atoms with E-state index in [1.807, 2.05) is 45.0 Å². The van der Waals surface area contributed by atoms with E-state index in [4.69, 9.17) is 16.3 Å². The normalized spacial score (nSPS) is 12.1. The molecule has 0 fully saturated rings. The minimum atomic E-state index is -0.279. The van der Waals surface area contributed by atoms with E-state index in [2.05, 4.69) is 5.32 Å². The van der Waals surface area contributed by atoms with Gasteiger partial charge in [-0.1, -0.05) is 26.0 Å². The van der Waals surface area contributed by atoms with Crippen LogP contribution in [0, 0.1) is 12.8 Å². The van der Waals surface area contributed by atoms with E-state index in [0.29, 0.717) is 31.2 Å². The van der Waals surface area contributed by atoms with Crippen molar-refractivity contribution >= 4 is 11.6 Å². The molecule has 140 valence electrons. The van der Waals surface area contributed by atoms with Crippen molar-refractivity contribution < 1.29 is 9.53 Å². The number of unbranched alkanes of at least 4 members (excludes halogenated alkanes) is 1. The van der Waals surface area contributed by atoms with Crippen LogP contribution in [-0.2, 0) is 9.53 Å². The van der Waals surface area contributed by atoms with Crippen molar-refractivity contribution in [1.29, 1.82) is 0 Å². The summed E-state index contributed by atoms with van der Waals surface area (Å²) in [6.07, 6.45) is 2.32. The highest BCUT2D eigenvalue weighted by Gasteiger charge is 2.17. The van der Waals surface area contributed by atoms with Gasteiger partial charge in [0.1, 0.15) is 5.70 Å². The van der Waals surface area contributed by atoms with Crippen LogP contribution in [0.1, 0.15) is 38.7 Å². The van der Waals surface area contributed by atoms with Crippen LogP contribution in [0.15, 0.2) is 35.7 Å². The lowest BCUT2D eigenvalue weighted by atomic mass is 10.1. The first-order chi connectivity index (χ1) is 11.9. The molecule has 25 heavy (non-hydrogen) atoms. The van der Waals surface area contributed by atoms with Gasteiger partial charge in [0.25, 0.3) is 5.91 Å². The van der Waals surface area contributed by atoms with E-state index < -0.39 is 0 Å². The average molecular weight is 348 g/mol. The van der Waals surface area contributed by atoms with Crippen molar-refractivity contribution in [3.05, 3.63) is 41.2 Å². The number of hydrazine groups is 1. The molecule has 5 N–H and O–H groups in total. The Morgan fingerprint density at radius 3 is 2.64 bits per heavy atom. The molecule has 1 amide bonds. The van der Waals surface area contributed by atoms with Crippen molar-refractivity contribution in [3.8, 4) is 0 Å². The number of allylic oxidation sites excluding steroid dienone is 1. The molecule has 0 heterocycles. The summed E-state index contributed by atoms with van der Waals surface area (Å²) in [7, 11) is 1.67. The Balaban J connectivity index is 3.01. The van der Waals surface area contributed by atoms with Gasteiger partial charge in [-0.25, -0.2) is 5.84 Å². The number of nitrogens with one attached hydrogen (secondary N) is 1. The maximum atomic E-state index is 12.4. The molecule has 0 saturated heterocycles. The SMILES string of the molecule is COCCCC/C(=C(/N)C(=O)NCC(C)C)N(N)c1cccc(C)c1. The molecule has 6 heteroatoms. The van der Waals surface area contributed by atoms with Gasteiger partial charge in [-0.05, 0) is 49.8 Å². The summed E-state index contributed by atoms with van der Waals surface area (Å²) >= 11 is 0. The molecule has 0 spiro atoms. The van der Waals surface area contributed by atoms with Gasteiger partial charge in [-0.15, -0.1) is 0 Å². The summed E-state index contributed by atoms with van der Waals surface area (Å²) in [6, 6.07) is 7.80. The maximum Gasteiger partial charge on any atom is 0.269 e. The van der Waals surface area contributed by atoms with E-state index in [0.717, 1.165) is 24.1 Å². The number of aryl methyl sites for hydroxylation is 1. The Kier molecular flexibility index (Phi) is 9.02. The van der Waals surface area contributed by atoms with Crippen molar-refractivity contribution in [2.75, 3.05) is 25.3 Å². The van der Waals surface area contributed by atoms with Crippen LogP contribution in [-0.4, -0.2) is 26.2 Å². The minimum Gasteiger partial charge on any atom is -0.393 e. The standard InChI is InChI=1S/C19H32N4O2/c1-14(2)13-22-19(24)18(20)17(10-5-6-11-25-4)23(21)16-9-7-8-15(3)12-16/h7-9,12,14H,5-6,10-11,13,20-21H2,1-4H3,(H,22,24)/b18-17-. The topological polar surface area (TPSA) is 93.6 Å². The number of carbonyl (C=O) groups excluding carboxylic acids is 1. The number of amides is 1. The predicted molar refractivity (Wildman–Crippen MR) is 103 cm³/mol. The molecule has 1 aromatic carbocycles. The number of methoxy groups -OCH3 is 1. The Hall–Kier alpha value is -2.05. The van der Waals surface area contributed by atoms with Crippen LogP contribution < -0.4 is 21.9 Å². The number of hydrogen-bond donors (Lipinski definition) is 3. The lowest BCUT2D eigenvalue weighted by molar-refractivity contribution is -0.117. The summed E-state index contributed by atoms with van der Waals surface area (Å²) in [5, 5.41) is 4.37. The molecule has 6 nitrogen and oxygen atoms in total. The summed E-state index contributed by atoms with van der Waals surface area (Å²) in [6.45, 7) is 7.31. The van der Waals surface area contributed by atoms with Crippen LogP contribution in [0.3, 0.4) is 0 Å². The maximum absolute atomic E-state index is 12.4. The molecule has 0 aliphatic rings. The Labute approximate surface area is 151 Å². The molecule has 1 rings (SSSR count). The first kappa shape index (κ1) is 21.0. The summed E-state index contributed by atoms with van der Waals surface area (Å²) < 4.78 is 5.09. The number of rotatable bonds is 10. The number of carbonyl (C=O) groups is 1. The molecule has 0 atom stereocenters. The van der Waals surface area contributed by atoms with Crippen molar-refractivity contribution in [2.24, 2.45) is 17.5 Å². The fourth-order valence-corrected chi connectivity index (χ4v) is 2.38. The minimum absolute atomic E-state index is 0.169. The van der Waals surface area contributed by atoms with Gasteiger partial charge in [0.2, 0.25) is 0 Å². The van der Waals surface area contributed by atoms with Crippen LogP contribution in [0.5, 0.6) is 0 Å². The predicted octanol–water partition coefficient (Wildman–Crippen LogP) is 2.43. The highest BCUT2D eigenvalue weighted by atomic mass is 16.5. The number of benzene rings is 1.